The van der Waals surface area contributed by atoms with Gasteiger partial charge in [0.1, 0.15) is 12.6 Å². The molecule has 0 bridgehead atoms. The Hall–Kier alpha value is -2.88. The van der Waals surface area contributed by atoms with E-state index in [2.05, 4.69) is 21.2 Å². The van der Waals surface area contributed by atoms with Gasteiger partial charge in [0.05, 0.1) is 10.6 Å². The van der Waals surface area contributed by atoms with Crippen molar-refractivity contribution in [2.24, 2.45) is 0 Å². The number of halogens is 2. The third kappa shape index (κ3) is 6.91. The van der Waals surface area contributed by atoms with Crippen molar-refractivity contribution in [3.05, 3.63) is 92.9 Å². The second kappa shape index (κ2) is 12.1. The molecule has 3 aromatic rings. The normalized spacial score (nSPS) is 12.1. The first-order valence-corrected chi connectivity index (χ1v) is 14.2. The molecule has 2 amide bonds. The molecular weight excluding hydrogens is 578 g/mol. The lowest BCUT2D eigenvalue weighted by Crippen LogP contribution is -2.50. The molecule has 0 radical (unpaired) electrons. The molecule has 0 aromatic heterocycles. The molecule has 7 nitrogen and oxygen atoms in total. The van der Waals surface area contributed by atoms with Crippen molar-refractivity contribution < 1.29 is 18.0 Å². The molecule has 3 aromatic carbocycles. The summed E-state index contributed by atoms with van der Waals surface area (Å²) in [7, 11) is -2.66. The second-order valence-electron chi connectivity index (χ2n) is 8.69. The summed E-state index contributed by atoms with van der Waals surface area (Å²) in [6.45, 7) is 4.82. The number of carbonyl (C=O) groups excluding carboxylic acids is 2. The first-order chi connectivity index (χ1) is 17.4. The molecule has 37 heavy (non-hydrogen) atoms. The minimum absolute atomic E-state index is 0.0454. The van der Waals surface area contributed by atoms with Crippen LogP contribution in [0.25, 0.3) is 0 Å². The van der Waals surface area contributed by atoms with Crippen LogP contribution >= 0.6 is 27.5 Å². The Morgan fingerprint density at radius 3 is 2.22 bits per heavy atom. The number of aryl methyl sites for hydroxylation is 2. The number of likely N-dealkylation sites (N-methyl/N-ethyl adjacent to an activating group) is 1. The van der Waals surface area contributed by atoms with E-state index in [1.54, 1.807) is 38.1 Å². The van der Waals surface area contributed by atoms with E-state index < -0.39 is 28.5 Å². The van der Waals surface area contributed by atoms with Gasteiger partial charge in [-0.2, -0.15) is 0 Å². The van der Waals surface area contributed by atoms with Gasteiger partial charge in [0, 0.05) is 23.1 Å². The zero-order valence-corrected chi connectivity index (χ0v) is 24.2. The maximum absolute atomic E-state index is 13.8. The first kappa shape index (κ1) is 28.7. The lowest BCUT2D eigenvalue weighted by molar-refractivity contribution is -0.139. The van der Waals surface area contributed by atoms with Crippen molar-refractivity contribution in [2.45, 2.75) is 38.3 Å². The van der Waals surface area contributed by atoms with Gasteiger partial charge in [-0.05, 0) is 68.3 Å². The lowest BCUT2D eigenvalue weighted by atomic mass is 10.1. The number of anilines is 1. The highest BCUT2D eigenvalue weighted by atomic mass is 79.9. The molecular formula is C27H29BrClN3O4S. The van der Waals surface area contributed by atoms with Gasteiger partial charge in [-0.25, -0.2) is 8.42 Å². The Labute approximate surface area is 231 Å². The zero-order valence-electron chi connectivity index (χ0n) is 21.0. The Morgan fingerprint density at radius 2 is 1.62 bits per heavy atom. The van der Waals surface area contributed by atoms with Crippen LogP contribution in [0, 0.1) is 13.8 Å². The quantitative estimate of drug-likeness (QED) is 0.368. The summed E-state index contributed by atoms with van der Waals surface area (Å²) in [5, 5.41) is 2.90. The van der Waals surface area contributed by atoms with Crippen LogP contribution in [0.3, 0.4) is 0 Å². The predicted molar refractivity (Wildman–Crippen MR) is 150 cm³/mol. The number of benzene rings is 3. The van der Waals surface area contributed by atoms with Gasteiger partial charge in [0.2, 0.25) is 11.8 Å². The summed E-state index contributed by atoms with van der Waals surface area (Å²) >= 11 is 9.63. The van der Waals surface area contributed by atoms with E-state index in [0.29, 0.717) is 10.6 Å². The fourth-order valence-electron chi connectivity index (χ4n) is 3.78. The van der Waals surface area contributed by atoms with Gasteiger partial charge in [-0.15, -0.1) is 0 Å². The summed E-state index contributed by atoms with van der Waals surface area (Å²) in [4.78, 5) is 27.8. The number of rotatable bonds is 9. The van der Waals surface area contributed by atoms with Crippen molar-refractivity contribution >= 4 is 55.1 Å². The van der Waals surface area contributed by atoms with Crippen molar-refractivity contribution in [2.75, 3.05) is 17.9 Å². The van der Waals surface area contributed by atoms with E-state index in [-0.39, 0.29) is 23.0 Å². The van der Waals surface area contributed by atoms with Crippen LogP contribution in [0.4, 0.5) is 5.69 Å². The number of hydrogen-bond donors (Lipinski definition) is 1. The molecule has 1 N–H and O–H groups in total. The summed E-state index contributed by atoms with van der Waals surface area (Å²) in [5.74, 6) is -0.897. The van der Waals surface area contributed by atoms with Crippen LogP contribution in [0.1, 0.15) is 23.6 Å². The first-order valence-electron chi connectivity index (χ1n) is 11.5. The highest BCUT2D eigenvalue weighted by Crippen LogP contribution is 2.30. The smallest absolute Gasteiger partial charge is 0.264 e. The fraction of sp³-hybridized carbons (Fsp3) is 0.259. The minimum atomic E-state index is -4.15. The van der Waals surface area contributed by atoms with Crippen LogP contribution in [0.15, 0.2) is 76.1 Å². The van der Waals surface area contributed by atoms with Crippen LogP contribution in [0.2, 0.25) is 5.02 Å². The predicted octanol–water partition coefficient (Wildman–Crippen LogP) is 5.08. The molecule has 1 atom stereocenters. The molecule has 0 saturated heterocycles. The molecule has 196 valence electrons. The van der Waals surface area contributed by atoms with Gasteiger partial charge >= 0.3 is 0 Å². The Balaban J connectivity index is 2.07. The monoisotopic (exact) mass is 605 g/mol. The van der Waals surface area contributed by atoms with Crippen molar-refractivity contribution in [1.29, 1.82) is 0 Å². The zero-order chi connectivity index (χ0) is 27.3. The summed E-state index contributed by atoms with van der Waals surface area (Å²) in [5.41, 5.74) is 2.61. The van der Waals surface area contributed by atoms with Crippen molar-refractivity contribution in [3.8, 4) is 0 Å². The highest BCUT2D eigenvalue weighted by molar-refractivity contribution is 9.10. The van der Waals surface area contributed by atoms with Gasteiger partial charge in [0.15, 0.2) is 0 Å². The molecule has 0 fully saturated rings. The molecule has 0 aliphatic rings. The number of sulfonamides is 1. The molecule has 0 aliphatic carbocycles. The standard InChI is InChI=1S/C27H29BrClN3O4S/c1-18-5-13-24(14-6-18)37(35,36)32(25-15-23(29)12-7-19(25)2)17-26(33)31(20(3)27(34)30-4)16-21-8-10-22(28)11-9-21/h5-15,20H,16-17H2,1-4H3,(H,30,34). The molecule has 0 aliphatic heterocycles. The van der Waals surface area contributed by atoms with Gasteiger partial charge in [-0.3, -0.25) is 13.9 Å². The lowest BCUT2D eigenvalue weighted by Gasteiger charge is -2.32. The van der Waals surface area contributed by atoms with E-state index in [1.165, 1.54) is 30.1 Å². The third-order valence-corrected chi connectivity index (χ3v) is 8.55. The highest BCUT2D eigenvalue weighted by Gasteiger charge is 2.33. The topological polar surface area (TPSA) is 86.8 Å². The SMILES string of the molecule is CNC(=O)C(C)N(Cc1ccc(Br)cc1)C(=O)CN(c1cc(Cl)ccc1C)S(=O)(=O)c1ccc(C)cc1. The largest absolute Gasteiger partial charge is 0.357 e. The minimum Gasteiger partial charge on any atom is -0.357 e. The Bertz CT molecular complexity index is 1380. The van der Waals surface area contributed by atoms with Crippen LogP contribution in [-0.2, 0) is 26.2 Å². The van der Waals surface area contributed by atoms with E-state index in [0.717, 1.165) is 19.9 Å². The van der Waals surface area contributed by atoms with Crippen LogP contribution in [-0.4, -0.2) is 44.8 Å². The van der Waals surface area contributed by atoms with Gasteiger partial charge in [0.25, 0.3) is 10.0 Å². The van der Waals surface area contributed by atoms with E-state index in [1.807, 2.05) is 31.2 Å². The van der Waals surface area contributed by atoms with E-state index in [4.69, 9.17) is 11.6 Å². The van der Waals surface area contributed by atoms with Gasteiger partial charge < -0.3 is 10.2 Å². The summed E-state index contributed by atoms with van der Waals surface area (Å²) in [6.07, 6.45) is 0. The average Bonchev–Trinajstić information content (AvgIpc) is 2.87. The molecule has 3 rings (SSSR count). The van der Waals surface area contributed by atoms with Crippen LogP contribution in [0.5, 0.6) is 0 Å². The average molecular weight is 607 g/mol. The van der Waals surface area contributed by atoms with E-state index >= 15 is 0 Å². The van der Waals surface area contributed by atoms with Crippen molar-refractivity contribution in [3.63, 3.8) is 0 Å². The summed E-state index contributed by atoms with van der Waals surface area (Å²) in [6, 6.07) is 17.8. The third-order valence-electron chi connectivity index (χ3n) is 6.01. The Kier molecular flexibility index (Phi) is 9.39. The maximum Gasteiger partial charge on any atom is 0.264 e. The number of carbonyl (C=O) groups is 2. The Morgan fingerprint density at radius 1 is 1.00 bits per heavy atom. The second-order valence-corrected chi connectivity index (χ2v) is 11.9. The molecule has 0 spiro atoms. The summed E-state index contributed by atoms with van der Waals surface area (Å²) < 4.78 is 29.6. The molecule has 0 saturated carbocycles. The van der Waals surface area contributed by atoms with Crippen molar-refractivity contribution in [1.82, 2.24) is 10.2 Å². The number of amides is 2. The number of nitrogens with one attached hydrogen (secondary N) is 1. The number of hydrogen-bond acceptors (Lipinski definition) is 4. The molecule has 0 heterocycles. The molecule has 10 heteroatoms. The number of nitrogens with zero attached hydrogens (tertiary/aromatic N) is 2. The molecule has 1 unspecified atom stereocenters. The van der Waals surface area contributed by atoms with Gasteiger partial charge in [-0.1, -0.05) is 63.4 Å². The van der Waals surface area contributed by atoms with E-state index in [9.17, 15) is 18.0 Å². The maximum atomic E-state index is 13.8. The fourth-order valence-corrected chi connectivity index (χ4v) is 5.68. The van der Waals surface area contributed by atoms with Crippen LogP contribution < -0.4 is 9.62 Å².